The molecule has 0 aliphatic carbocycles. The Morgan fingerprint density at radius 3 is 2.55 bits per heavy atom. The first-order valence-corrected chi connectivity index (χ1v) is 7.35. The van der Waals surface area contributed by atoms with E-state index < -0.39 is 17.8 Å². The molecule has 7 nitrogen and oxygen atoms in total. The van der Waals surface area contributed by atoms with E-state index in [2.05, 4.69) is 8.75 Å². The van der Waals surface area contributed by atoms with Crippen LogP contribution in [0.3, 0.4) is 0 Å². The minimum absolute atomic E-state index is 0.184. The molecule has 0 saturated carbocycles. The number of ether oxygens (including phenoxy) is 2. The Balaban J connectivity index is 1.66. The van der Waals surface area contributed by atoms with Crippen molar-refractivity contribution in [1.82, 2.24) is 13.6 Å². The van der Waals surface area contributed by atoms with Crippen molar-refractivity contribution in [1.29, 1.82) is 0 Å². The first-order chi connectivity index (χ1) is 9.55. The van der Waals surface area contributed by atoms with E-state index in [9.17, 15) is 9.59 Å². The molecule has 2 unspecified atom stereocenters. The molecule has 0 aromatic carbocycles. The molecule has 3 aliphatic heterocycles. The van der Waals surface area contributed by atoms with Gasteiger partial charge < -0.3 is 9.47 Å². The number of rotatable bonds is 1. The van der Waals surface area contributed by atoms with Crippen LogP contribution in [0, 0.1) is 0 Å². The monoisotopic (exact) mass is 315 g/mol. The minimum atomic E-state index is -1.22. The largest absolute Gasteiger partial charge is 0.421 e. The van der Waals surface area contributed by atoms with Crippen molar-refractivity contribution in [2.75, 3.05) is 13.1 Å². The smallest absolute Gasteiger partial charge is 0.400 e. The Bertz CT molecular complexity index is 605. The Morgan fingerprint density at radius 1 is 1.15 bits per heavy atom. The molecule has 3 saturated heterocycles. The maximum atomic E-state index is 11.3. The maximum Gasteiger partial charge on any atom is 0.421 e. The van der Waals surface area contributed by atoms with E-state index in [1.165, 1.54) is 0 Å². The van der Waals surface area contributed by atoms with Crippen LogP contribution in [0.5, 0.6) is 0 Å². The molecule has 4 heterocycles. The van der Waals surface area contributed by atoms with E-state index in [1.807, 2.05) is 4.90 Å². The number of halogens is 1. The van der Waals surface area contributed by atoms with Crippen molar-refractivity contribution < 1.29 is 19.1 Å². The molecule has 0 N–H and O–H groups in total. The van der Waals surface area contributed by atoms with Crippen LogP contribution in [0.1, 0.15) is 25.0 Å². The molecule has 3 aliphatic rings. The summed E-state index contributed by atoms with van der Waals surface area (Å²) in [6.45, 7) is 1.26. The molecular formula is C11H10ClN3O4S. The molecule has 9 heteroatoms. The number of carbonyl (C=O) groups is 2. The van der Waals surface area contributed by atoms with Gasteiger partial charge in [0.1, 0.15) is 5.69 Å². The second-order valence-electron chi connectivity index (χ2n) is 5.35. The zero-order valence-corrected chi connectivity index (χ0v) is 11.9. The Morgan fingerprint density at radius 2 is 1.90 bits per heavy atom. The summed E-state index contributed by atoms with van der Waals surface area (Å²) in [4.78, 5) is 24.5. The van der Waals surface area contributed by atoms with Gasteiger partial charge in [-0.3, -0.25) is 0 Å². The molecule has 1 aromatic heterocycles. The van der Waals surface area contributed by atoms with Gasteiger partial charge in [0.2, 0.25) is 0 Å². The van der Waals surface area contributed by atoms with Crippen LogP contribution in [0.25, 0.3) is 0 Å². The molecule has 2 atom stereocenters. The molecule has 1 aromatic rings. The first kappa shape index (κ1) is 12.5. The topological polar surface area (TPSA) is 81.6 Å². The number of esters is 2. The summed E-state index contributed by atoms with van der Waals surface area (Å²) in [6.07, 6.45) is 1.95. The van der Waals surface area contributed by atoms with E-state index >= 15 is 0 Å². The van der Waals surface area contributed by atoms with E-state index in [1.54, 1.807) is 0 Å². The van der Waals surface area contributed by atoms with Gasteiger partial charge in [-0.15, -0.1) is 0 Å². The lowest BCUT2D eigenvalue weighted by atomic mass is 9.77. The number of carbonyl (C=O) groups excluding carboxylic acids is 2. The van der Waals surface area contributed by atoms with Crippen LogP contribution >= 0.6 is 23.3 Å². The Hall–Kier alpha value is -1.25. The van der Waals surface area contributed by atoms with Crippen molar-refractivity contribution in [2.45, 2.75) is 30.6 Å². The van der Waals surface area contributed by atoms with E-state index in [0.29, 0.717) is 31.1 Å². The SMILES string of the molecule is O=C1OC2(CCC3(c4nsnc4Cl)CCN2C3)OC1=O. The van der Waals surface area contributed by atoms with Crippen molar-refractivity contribution in [3.8, 4) is 0 Å². The second-order valence-corrected chi connectivity index (χ2v) is 6.23. The van der Waals surface area contributed by atoms with Gasteiger partial charge in [0.05, 0.1) is 11.7 Å². The van der Waals surface area contributed by atoms with Gasteiger partial charge in [0, 0.05) is 24.9 Å². The molecule has 0 radical (unpaired) electrons. The summed E-state index contributed by atoms with van der Waals surface area (Å²) in [5.41, 5.74) is 0.619. The highest BCUT2D eigenvalue weighted by Crippen LogP contribution is 2.50. The van der Waals surface area contributed by atoms with Gasteiger partial charge in [0.25, 0.3) is 0 Å². The first-order valence-electron chi connectivity index (χ1n) is 6.25. The van der Waals surface area contributed by atoms with E-state index in [0.717, 1.165) is 23.8 Å². The second kappa shape index (κ2) is 3.90. The number of piperidine rings is 1. The summed E-state index contributed by atoms with van der Waals surface area (Å²) in [7, 11) is 0. The molecule has 2 bridgehead atoms. The summed E-state index contributed by atoms with van der Waals surface area (Å²) in [6, 6.07) is 0. The van der Waals surface area contributed by atoms with Gasteiger partial charge in [-0.05, 0) is 12.8 Å². The lowest BCUT2D eigenvalue weighted by Gasteiger charge is -2.41. The van der Waals surface area contributed by atoms with Crippen molar-refractivity contribution in [3.05, 3.63) is 10.8 Å². The number of fused-ring (bicyclic) bond motifs is 3. The highest BCUT2D eigenvalue weighted by Gasteiger charge is 2.62. The molecule has 3 fully saturated rings. The van der Waals surface area contributed by atoms with Gasteiger partial charge in [0.15, 0.2) is 5.15 Å². The van der Waals surface area contributed by atoms with Crippen LogP contribution in [-0.4, -0.2) is 44.6 Å². The zero-order chi connectivity index (χ0) is 14.0. The molecule has 4 rings (SSSR count). The number of nitrogens with zero attached hydrogens (tertiary/aromatic N) is 3. The third-order valence-electron chi connectivity index (χ3n) is 4.38. The average molecular weight is 316 g/mol. The summed E-state index contributed by atoms with van der Waals surface area (Å²) in [5.74, 6) is -3.06. The average Bonchev–Trinajstić information content (AvgIpc) is 3.06. The third-order valence-corrected chi connectivity index (χ3v) is 5.27. The molecular weight excluding hydrogens is 306 g/mol. The summed E-state index contributed by atoms with van der Waals surface area (Å²) < 4.78 is 18.7. The summed E-state index contributed by atoms with van der Waals surface area (Å²) in [5, 5.41) is 0.438. The Kier molecular flexibility index (Phi) is 2.43. The quantitative estimate of drug-likeness (QED) is 0.557. The van der Waals surface area contributed by atoms with Gasteiger partial charge >= 0.3 is 17.8 Å². The predicted octanol–water partition coefficient (Wildman–Crippen LogP) is 0.683. The molecule has 106 valence electrons. The van der Waals surface area contributed by atoms with Crippen LogP contribution in [0.4, 0.5) is 0 Å². The van der Waals surface area contributed by atoms with Crippen molar-refractivity contribution >= 4 is 35.3 Å². The lowest BCUT2D eigenvalue weighted by molar-refractivity contribution is -0.259. The fourth-order valence-electron chi connectivity index (χ4n) is 3.35. The van der Waals surface area contributed by atoms with Crippen LogP contribution < -0.4 is 0 Å². The third kappa shape index (κ3) is 1.49. The highest BCUT2D eigenvalue weighted by atomic mass is 35.5. The molecule has 0 amide bonds. The van der Waals surface area contributed by atoms with E-state index in [4.69, 9.17) is 21.1 Å². The zero-order valence-electron chi connectivity index (χ0n) is 10.3. The lowest BCUT2D eigenvalue weighted by Crippen LogP contribution is -2.54. The predicted molar refractivity (Wildman–Crippen MR) is 66.9 cm³/mol. The fourth-order valence-corrected chi connectivity index (χ4v) is 4.30. The molecule has 1 spiro atoms. The summed E-state index contributed by atoms with van der Waals surface area (Å²) >= 11 is 7.20. The number of hydrogen-bond acceptors (Lipinski definition) is 8. The number of aromatic nitrogens is 2. The molecule has 20 heavy (non-hydrogen) atoms. The van der Waals surface area contributed by atoms with Crippen LogP contribution in [0.15, 0.2) is 0 Å². The van der Waals surface area contributed by atoms with Crippen molar-refractivity contribution in [2.24, 2.45) is 0 Å². The standard InChI is InChI=1S/C11H10ClN3O4S/c12-7-6(13-20-14-7)10-1-2-11(15(5-10)4-3-10)18-8(16)9(17)19-11/h1-5H2. The number of hydrogen-bond donors (Lipinski definition) is 0. The fraction of sp³-hybridized carbons (Fsp3) is 0.636. The Labute approximate surface area is 123 Å². The maximum absolute atomic E-state index is 11.3. The van der Waals surface area contributed by atoms with Crippen LogP contribution in [-0.2, 0) is 24.5 Å². The minimum Gasteiger partial charge on any atom is -0.400 e. The van der Waals surface area contributed by atoms with Gasteiger partial charge in [-0.2, -0.15) is 8.75 Å². The van der Waals surface area contributed by atoms with Crippen LogP contribution in [0.2, 0.25) is 5.15 Å². The van der Waals surface area contributed by atoms with E-state index in [-0.39, 0.29) is 5.41 Å². The highest BCUT2D eigenvalue weighted by molar-refractivity contribution is 6.99. The van der Waals surface area contributed by atoms with Gasteiger partial charge in [-0.1, -0.05) is 11.6 Å². The van der Waals surface area contributed by atoms with Crippen molar-refractivity contribution in [3.63, 3.8) is 0 Å². The normalized spacial score (nSPS) is 34.4. The van der Waals surface area contributed by atoms with Gasteiger partial charge in [-0.25, -0.2) is 14.5 Å².